The second-order valence-electron chi connectivity index (χ2n) is 5.16. The van der Waals surface area contributed by atoms with Crippen molar-refractivity contribution in [2.75, 3.05) is 0 Å². The zero-order valence-electron chi connectivity index (χ0n) is 12.5. The van der Waals surface area contributed by atoms with E-state index >= 15 is 0 Å². The number of pyridine rings is 1. The molecule has 0 radical (unpaired) electrons. The van der Waals surface area contributed by atoms with Gasteiger partial charge in [-0.05, 0) is 42.0 Å². The summed E-state index contributed by atoms with van der Waals surface area (Å²) < 4.78 is 27.7. The third-order valence-corrected chi connectivity index (χ3v) is 4.99. The van der Waals surface area contributed by atoms with Crippen molar-refractivity contribution < 1.29 is 18.3 Å². The number of hydrogen-bond acceptors (Lipinski definition) is 4. The predicted octanol–water partition coefficient (Wildman–Crippen LogP) is 2.41. The van der Waals surface area contributed by atoms with E-state index in [1.165, 1.54) is 18.2 Å². The van der Waals surface area contributed by atoms with Crippen molar-refractivity contribution in [1.29, 1.82) is 0 Å². The minimum Gasteiger partial charge on any atom is -0.478 e. The van der Waals surface area contributed by atoms with Gasteiger partial charge in [0.15, 0.2) is 0 Å². The van der Waals surface area contributed by atoms with Crippen LogP contribution in [0.5, 0.6) is 0 Å². The molecule has 0 bridgehead atoms. The average molecular weight is 342 g/mol. The first-order valence-electron chi connectivity index (χ1n) is 7.13. The molecule has 2 aromatic carbocycles. The van der Waals surface area contributed by atoms with Gasteiger partial charge in [0.05, 0.1) is 16.0 Å². The minimum absolute atomic E-state index is 0.000102. The molecule has 0 spiro atoms. The van der Waals surface area contributed by atoms with Crippen molar-refractivity contribution in [3.8, 4) is 0 Å². The van der Waals surface area contributed by atoms with Gasteiger partial charge in [-0.25, -0.2) is 17.9 Å². The molecule has 122 valence electrons. The van der Waals surface area contributed by atoms with Crippen molar-refractivity contribution in [3.05, 3.63) is 71.9 Å². The van der Waals surface area contributed by atoms with Gasteiger partial charge in [0.1, 0.15) is 0 Å². The summed E-state index contributed by atoms with van der Waals surface area (Å²) in [5.41, 5.74) is 1.27. The molecule has 2 N–H and O–H groups in total. The third kappa shape index (κ3) is 3.27. The van der Waals surface area contributed by atoms with Crippen molar-refractivity contribution in [2.24, 2.45) is 0 Å². The van der Waals surface area contributed by atoms with Gasteiger partial charge in [0.25, 0.3) is 0 Å². The van der Waals surface area contributed by atoms with Crippen LogP contribution in [0.15, 0.2) is 65.7 Å². The molecule has 0 fully saturated rings. The third-order valence-electron chi connectivity index (χ3n) is 3.54. The molecule has 0 saturated carbocycles. The SMILES string of the molecule is O=C(O)c1cccc(CNS(=O)(=O)c2cccc3ncccc23)c1. The highest BCUT2D eigenvalue weighted by atomic mass is 32.2. The van der Waals surface area contributed by atoms with Gasteiger partial charge < -0.3 is 5.11 Å². The van der Waals surface area contributed by atoms with Crippen LogP contribution in [0, 0.1) is 0 Å². The van der Waals surface area contributed by atoms with E-state index in [1.807, 2.05) is 0 Å². The first kappa shape index (κ1) is 16.1. The fourth-order valence-electron chi connectivity index (χ4n) is 2.38. The molecular formula is C17H14N2O4S. The van der Waals surface area contributed by atoms with Crippen LogP contribution in [0.2, 0.25) is 0 Å². The van der Waals surface area contributed by atoms with Gasteiger partial charge in [-0.1, -0.05) is 18.2 Å². The largest absolute Gasteiger partial charge is 0.478 e. The van der Waals surface area contributed by atoms with Crippen LogP contribution in [0.4, 0.5) is 0 Å². The normalized spacial score (nSPS) is 11.5. The predicted molar refractivity (Wildman–Crippen MR) is 89.2 cm³/mol. The monoisotopic (exact) mass is 342 g/mol. The summed E-state index contributed by atoms with van der Waals surface area (Å²) in [7, 11) is -3.76. The molecule has 6 nitrogen and oxygen atoms in total. The number of nitrogens with one attached hydrogen (secondary N) is 1. The van der Waals surface area contributed by atoms with Crippen LogP contribution < -0.4 is 4.72 Å². The number of nitrogens with zero attached hydrogens (tertiary/aromatic N) is 1. The van der Waals surface area contributed by atoms with Gasteiger partial charge in [-0.3, -0.25) is 4.98 Å². The summed E-state index contributed by atoms with van der Waals surface area (Å²) in [6.07, 6.45) is 1.60. The molecule has 0 amide bonds. The molecule has 3 aromatic rings. The van der Waals surface area contributed by atoms with E-state index < -0.39 is 16.0 Å². The molecule has 0 saturated heterocycles. The van der Waals surface area contributed by atoms with Crippen molar-refractivity contribution >= 4 is 26.9 Å². The smallest absolute Gasteiger partial charge is 0.335 e. The maximum atomic E-state index is 12.6. The number of rotatable bonds is 5. The number of carbonyl (C=O) groups is 1. The Bertz CT molecular complexity index is 1010. The topological polar surface area (TPSA) is 96.4 Å². The number of aromatic carboxylic acids is 1. The molecule has 24 heavy (non-hydrogen) atoms. The molecular weight excluding hydrogens is 328 g/mol. The maximum absolute atomic E-state index is 12.6. The Morgan fingerprint density at radius 1 is 1.08 bits per heavy atom. The molecule has 3 rings (SSSR count). The molecule has 1 heterocycles. The standard InChI is InChI=1S/C17H14N2O4S/c20-17(21)13-5-1-4-12(10-13)11-19-24(22,23)16-8-2-7-15-14(16)6-3-9-18-15/h1-10,19H,11H2,(H,20,21). The Kier molecular flexibility index (Phi) is 4.28. The molecule has 1 aromatic heterocycles. The number of carboxylic acid groups (broad SMARTS) is 1. The van der Waals surface area contributed by atoms with Gasteiger partial charge in [-0.2, -0.15) is 0 Å². The summed E-state index contributed by atoms with van der Waals surface area (Å²) in [5.74, 6) is -1.06. The van der Waals surface area contributed by atoms with E-state index in [2.05, 4.69) is 9.71 Å². The fourth-order valence-corrected chi connectivity index (χ4v) is 3.61. The van der Waals surface area contributed by atoms with Crippen LogP contribution in [0.1, 0.15) is 15.9 Å². The molecule has 0 atom stereocenters. The van der Waals surface area contributed by atoms with Gasteiger partial charge in [0, 0.05) is 18.1 Å². The highest BCUT2D eigenvalue weighted by Crippen LogP contribution is 2.21. The van der Waals surface area contributed by atoms with E-state index in [4.69, 9.17) is 5.11 Å². The minimum atomic E-state index is -3.76. The number of carboxylic acids is 1. The molecule has 0 unspecified atom stereocenters. The van der Waals surface area contributed by atoms with Crippen LogP contribution in [-0.4, -0.2) is 24.5 Å². The van der Waals surface area contributed by atoms with Crippen LogP contribution in [0.25, 0.3) is 10.9 Å². The number of sulfonamides is 1. The first-order valence-corrected chi connectivity index (χ1v) is 8.61. The highest BCUT2D eigenvalue weighted by Gasteiger charge is 2.17. The summed E-state index contributed by atoms with van der Waals surface area (Å²) in [6, 6.07) is 14.4. The number of fused-ring (bicyclic) bond motifs is 1. The first-order chi connectivity index (χ1) is 11.5. The number of hydrogen-bond donors (Lipinski definition) is 2. The lowest BCUT2D eigenvalue weighted by Crippen LogP contribution is -2.23. The molecule has 7 heteroatoms. The van der Waals surface area contributed by atoms with Crippen LogP contribution in [0.3, 0.4) is 0 Å². The Labute approximate surface area is 138 Å². The molecule has 0 aliphatic heterocycles. The lowest BCUT2D eigenvalue weighted by Gasteiger charge is -2.09. The van der Waals surface area contributed by atoms with Gasteiger partial charge >= 0.3 is 5.97 Å². The second kappa shape index (κ2) is 6.38. The number of aromatic nitrogens is 1. The van der Waals surface area contributed by atoms with Crippen molar-refractivity contribution in [3.63, 3.8) is 0 Å². The lowest BCUT2D eigenvalue weighted by molar-refractivity contribution is 0.0696. The summed E-state index contributed by atoms with van der Waals surface area (Å²) in [6.45, 7) is 0.000102. The Morgan fingerprint density at radius 2 is 1.88 bits per heavy atom. The van der Waals surface area contributed by atoms with E-state index in [9.17, 15) is 13.2 Å². The molecule has 0 aliphatic carbocycles. The summed E-state index contributed by atoms with van der Waals surface area (Å²) >= 11 is 0. The van der Waals surface area contributed by atoms with E-state index in [1.54, 1.807) is 42.6 Å². The fraction of sp³-hybridized carbons (Fsp3) is 0.0588. The maximum Gasteiger partial charge on any atom is 0.335 e. The van der Waals surface area contributed by atoms with Crippen molar-refractivity contribution in [1.82, 2.24) is 9.71 Å². The van der Waals surface area contributed by atoms with Crippen molar-refractivity contribution in [2.45, 2.75) is 11.4 Å². The molecule has 0 aliphatic rings. The van der Waals surface area contributed by atoms with Gasteiger partial charge in [-0.15, -0.1) is 0 Å². The lowest BCUT2D eigenvalue weighted by atomic mass is 10.1. The second-order valence-corrected chi connectivity index (χ2v) is 6.89. The summed E-state index contributed by atoms with van der Waals surface area (Å²) in [5, 5.41) is 9.52. The van der Waals surface area contributed by atoms with Crippen LogP contribution >= 0.6 is 0 Å². The quantitative estimate of drug-likeness (QED) is 0.742. The van der Waals surface area contributed by atoms with E-state index in [0.29, 0.717) is 16.5 Å². The Balaban J connectivity index is 1.89. The van der Waals surface area contributed by atoms with E-state index in [-0.39, 0.29) is 17.0 Å². The number of benzene rings is 2. The summed E-state index contributed by atoms with van der Waals surface area (Å²) in [4.78, 5) is 15.3. The van der Waals surface area contributed by atoms with Crippen LogP contribution in [-0.2, 0) is 16.6 Å². The average Bonchev–Trinajstić information content (AvgIpc) is 2.60. The Morgan fingerprint density at radius 3 is 2.67 bits per heavy atom. The Hall–Kier alpha value is -2.77. The zero-order valence-corrected chi connectivity index (χ0v) is 13.3. The van der Waals surface area contributed by atoms with E-state index in [0.717, 1.165) is 0 Å². The zero-order chi connectivity index (χ0) is 17.2. The highest BCUT2D eigenvalue weighted by molar-refractivity contribution is 7.89. The van der Waals surface area contributed by atoms with Gasteiger partial charge in [0.2, 0.25) is 10.0 Å².